The monoisotopic (exact) mass is 169 g/mol. The van der Waals surface area contributed by atoms with Gasteiger partial charge in [0, 0.05) is 12.1 Å². The lowest BCUT2D eigenvalue weighted by Gasteiger charge is -2.17. The first-order valence-electron chi connectivity index (χ1n) is 4.07. The fourth-order valence-electron chi connectivity index (χ4n) is 0.979. The highest BCUT2D eigenvalue weighted by atomic mass is 15.5. The Balaban J connectivity index is 2.20. The van der Waals surface area contributed by atoms with Crippen LogP contribution in [0, 0.1) is 0 Å². The van der Waals surface area contributed by atoms with E-state index in [1.807, 2.05) is 13.8 Å². The number of nitrogens with two attached hydrogens (primary N) is 1. The summed E-state index contributed by atoms with van der Waals surface area (Å²) in [6, 6.07) is 0. The molecule has 0 fully saturated rings. The zero-order valence-electron chi connectivity index (χ0n) is 7.56. The minimum atomic E-state index is -0.0893. The van der Waals surface area contributed by atoms with Crippen molar-refractivity contribution < 1.29 is 0 Å². The van der Waals surface area contributed by atoms with Crippen molar-refractivity contribution in [1.29, 1.82) is 0 Å². The van der Waals surface area contributed by atoms with Gasteiger partial charge >= 0.3 is 0 Å². The quantitative estimate of drug-likeness (QED) is 0.698. The van der Waals surface area contributed by atoms with Crippen LogP contribution in [0.2, 0.25) is 0 Å². The van der Waals surface area contributed by atoms with E-state index < -0.39 is 0 Å². The first kappa shape index (κ1) is 9.12. The second-order valence-corrected chi connectivity index (χ2v) is 3.67. The second-order valence-electron chi connectivity index (χ2n) is 3.67. The van der Waals surface area contributed by atoms with Gasteiger partial charge in [0.05, 0.1) is 0 Å². The van der Waals surface area contributed by atoms with E-state index in [4.69, 9.17) is 5.73 Å². The minimum absolute atomic E-state index is 0.0893. The summed E-state index contributed by atoms with van der Waals surface area (Å²) >= 11 is 0. The zero-order chi connectivity index (χ0) is 9.03. The Kier molecular flexibility index (Phi) is 2.75. The average molecular weight is 169 g/mol. The third-order valence-corrected chi connectivity index (χ3v) is 1.60. The SMILES string of the molecule is CC(C)(N)CCCn1cnnn1. The van der Waals surface area contributed by atoms with Gasteiger partial charge in [-0.2, -0.15) is 0 Å². The normalized spacial score (nSPS) is 11.9. The fourth-order valence-corrected chi connectivity index (χ4v) is 0.979. The van der Waals surface area contributed by atoms with E-state index in [9.17, 15) is 0 Å². The molecule has 0 unspecified atom stereocenters. The number of tetrazole rings is 1. The van der Waals surface area contributed by atoms with Crippen LogP contribution in [-0.2, 0) is 6.54 Å². The molecule has 2 N–H and O–H groups in total. The van der Waals surface area contributed by atoms with Crippen molar-refractivity contribution in [3.05, 3.63) is 6.33 Å². The third kappa shape index (κ3) is 3.43. The van der Waals surface area contributed by atoms with Gasteiger partial charge in [0.2, 0.25) is 0 Å². The lowest BCUT2D eigenvalue weighted by atomic mass is 10.0. The Hall–Kier alpha value is -0.970. The van der Waals surface area contributed by atoms with Gasteiger partial charge in [-0.25, -0.2) is 4.68 Å². The van der Waals surface area contributed by atoms with Gasteiger partial charge < -0.3 is 5.73 Å². The number of aryl methyl sites for hydroxylation is 1. The summed E-state index contributed by atoms with van der Waals surface area (Å²) in [6.45, 7) is 4.88. The molecule has 0 bridgehead atoms. The molecule has 0 aromatic carbocycles. The highest BCUT2D eigenvalue weighted by Gasteiger charge is 2.09. The van der Waals surface area contributed by atoms with Gasteiger partial charge in [-0.3, -0.25) is 0 Å². The molecule has 68 valence electrons. The van der Waals surface area contributed by atoms with Crippen molar-refractivity contribution >= 4 is 0 Å². The lowest BCUT2D eigenvalue weighted by Crippen LogP contribution is -2.31. The van der Waals surface area contributed by atoms with Crippen LogP contribution < -0.4 is 5.73 Å². The van der Waals surface area contributed by atoms with Crippen molar-refractivity contribution in [2.45, 2.75) is 38.8 Å². The average Bonchev–Trinajstić information content (AvgIpc) is 2.36. The van der Waals surface area contributed by atoms with Crippen LogP contribution in [0.1, 0.15) is 26.7 Å². The topological polar surface area (TPSA) is 69.6 Å². The van der Waals surface area contributed by atoms with Gasteiger partial charge in [0.15, 0.2) is 0 Å². The predicted molar refractivity (Wildman–Crippen MR) is 45.3 cm³/mol. The van der Waals surface area contributed by atoms with E-state index in [0.29, 0.717) is 0 Å². The summed E-state index contributed by atoms with van der Waals surface area (Å²) in [4.78, 5) is 0. The molecular formula is C7H15N5. The van der Waals surface area contributed by atoms with Crippen molar-refractivity contribution in [2.75, 3.05) is 0 Å². The minimum Gasteiger partial charge on any atom is -0.326 e. The summed E-state index contributed by atoms with van der Waals surface area (Å²) in [5.74, 6) is 0. The summed E-state index contributed by atoms with van der Waals surface area (Å²) in [5.41, 5.74) is 5.72. The fraction of sp³-hybridized carbons (Fsp3) is 0.857. The highest BCUT2D eigenvalue weighted by molar-refractivity contribution is 4.70. The van der Waals surface area contributed by atoms with Crippen LogP contribution in [0.15, 0.2) is 6.33 Å². The van der Waals surface area contributed by atoms with Crippen molar-refractivity contribution in [1.82, 2.24) is 20.2 Å². The molecule has 0 aliphatic rings. The zero-order valence-corrected chi connectivity index (χ0v) is 7.56. The first-order chi connectivity index (χ1) is 5.58. The maximum Gasteiger partial charge on any atom is 0.138 e. The molecule has 0 aliphatic carbocycles. The molecule has 0 saturated carbocycles. The molecule has 0 saturated heterocycles. The summed E-state index contributed by atoms with van der Waals surface area (Å²) in [6.07, 6.45) is 3.60. The summed E-state index contributed by atoms with van der Waals surface area (Å²) < 4.78 is 1.71. The number of hydrogen-bond donors (Lipinski definition) is 1. The molecule has 1 aromatic rings. The van der Waals surface area contributed by atoms with E-state index in [1.54, 1.807) is 11.0 Å². The lowest BCUT2D eigenvalue weighted by molar-refractivity contribution is 0.425. The number of rotatable bonds is 4. The Morgan fingerprint density at radius 2 is 2.25 bits per heavy atom. The van der Waals surface area contributed by atoms with Crippen LogP contribution in [0.25, 0.3) is 0 Å². The Morgan fingerprint density at radius 3 is 2.75 bits per heavy atom. The molecule has 5 heteroatoms. The molecule has 0 aliphatic heterocycles. The van der Waals surface area contributed by atoms with Gasteiger partial charge in [-0.1, -0.05) is 0 Å². The smallest absolute Gasteiger partial charge is 0.138 e. The molecule has 5 nitrogen and oxygen atoms in total. The van der Waals surface area contributed by atoms with Crippen LogP contribution >= 0.6 is 0 Å². The van der Waals surface area contributed by atoms with Crippen LogP contribution in [0.4, 0.5) is 0 Å². The molecule has 0 spiro atoms. The van der Waals surface area contributed by atoms with Gasteiger partial charge in [-0.15, -0.1) is 5.10 Å². The maximum atomic E-state index is 5.81. The first-order valence-corrected chi connectivity index (χ1v) is 4.07. The molecule has 0 amide bonds. The number of nitrogens with zero attached hydrogens (tertiary/aromatic N) is 4. The highest BCUT2D eigenvalue weighted by Crippen LogP contribution is 2.07. The summed E-state index contributed by atoms with van der Waals surface area (Å²) in [7, 11) is 0. The molecular weight excluding hydrogens is 154 g/mol. The Labute approximate surface area is 71.9 Å². The van der Waals surface area contributed by atoms with E-state index in [-0.39, 0.29) is 5.54 Å². The Bertz CT molecular complexity index is 210. The molecule has 1 aromatic heterocycles. The molecule has 1 heterocycles. The number of hydrogen-bond acceptors (Lipinski definition) is 4. The van der Waals surface area contributed by atoms with Crippen LogP contribution in [0.5, 0.6) is 0 Å². The van der Waals surface area contributed by atoms with Gasteiger partial charge in [-0.05, 0) is 37.1 Å². The summed E-state index contributed by atoms with van der Waals surface area (Å²) in [5, 5.41) is 10.8. The standard InChI is InChI=1S/C7H15N5/c1-7(2,8)4-3-5-12-6-9-10-11-12/h6H,3-5,8H2,1-2H3. The Morgan fingerprint density at radius 1 is 1.50 bits per heavy atom. The third-order valence-electron chi connectivity index (χ3n) is 1.60. The van der Waals surface area contributed by atoms with E-state index in [2.05, 4.69) is 15.5 Å². The van der Waals surface area contributed by atoms with Crippen LogP contribution in [-0.4, -0.2) is 25.7 Å². The molecule has 1 rings (SSSR count). The largest absolute Gasteiger partial charge is 0.326 e. The van der Waals surface area contributed by atoms with Crippen molar-refractivity contribution in [3.63, 3.8) is 0 Å². The van der Waals surface area contributed by atoms with Gasteiger partial charge in [0.1, 0.15) is 6.33 Å². The van der Waals surface area contributed by atoms with E-state index in [1.165, 1.54) is 0 Å². The second kappa shape index (κ2) is 3.62. The van der Waals surface area contributed by atoms with Crippen molar-refractivity contribution in [2.24, 2.45) is 5.73 Å². The number of aromatic nitrogens is 4. The molecule has 0 radical (unpaired) electrons. The van der Waals surface area contributed by atoms with Gasteiger partial charge in [0.25, 0.3) is 0 Å². The molecule has 12 heavy (non-hydrogen) atoms. The molecule has 0 atom stereocenters. The maximum absolute atomic E-state index is 5.81. The van der Waals surface area contributed by atoms with Crippen molar-refractivity contribution in [3.8, 4) is 0 Å². The van der Waals surface area contributed by atoms with Crippen LogP contribution in [0.3, 0.4) is 0 Å². The van der Waals surface area contributed by atoms with E-state index >= 15 is 0 Å². The van der Waals surface area contributed by atoms with E-state index in [0.717, 1.165) is 19.4 Å². The predicted octanol–water partition coefficient (Wildman–Crippen LogP) is 0.191.